The van der Waals surface area contributed by atoms with Crippen molar-refractivity contribution >= 4 is 5.91 Å². The average molecular weight is 318 g/mol. The van der Waals surface area contributed by atoms with Gasteiger partial charge >= 0.3 is 0 Å². The van der Waals surface area contributed by atoms with Gasteiger partial charge in [-0.1, -0.05) is 37.5 Å². The molecule has 2 atom stereocenters. The average Bonchev–Trinajstić information content (AvgIpc) is 2.49. The molecule has 1 aliphatic carbocycles. The molecule has 23 heavy (non-hydrogen) atoms. The number of rotatable bonds is 6. The van der Waals surface area contributed by atoms with Crippen LogP contribution in [-0.4, -0.2) is 37.6 Å². The Labute approximate surface area is 140 Å². The highest BCUT2D eigenvalue weighted by Gasteiger charge is 2.23. The summed E-state index contributed by atoms with van der Waals surface area (Å²) >= 11 is 0. The van der Waals surface area contributed by atoms with Crippen LogP contribution in [-0.2, 0) is 11.3 Å². The van der Waals surface area contributed by atoms with Crippen molar-refractivity contribution in [3.05, 3.63) is 29.3 Å². The van der Waals surface area contributed by atoms with E-state index in [1.165, 1.54) is 24.8 Å². The van der Waals surface area contributed by atoms with E-state index in [1.807, 2.05) is 24.1 Å². The van der Waals surface area contributed by atoms with Gasteiger partial charge in [0.05, 0.1) is 13.7 Å². The van der Waals surface area contributed by atoms with Gasteiger partial charge in [0, 0.05) is 18.2 Å². The van der Waals surface area contributed by atoms with E-state index in [-0.39, 0.29) is 5.91 Å². The number of methoxy groups -OCH3 is 1. The van der Waals surface area contributed by atoms with Crippen LogP contribution < -0.4 is 10.1 Å². The van der Waals surface area contributed by atoms with Crippen LogP contribution in [0.2, 0.25) is 0 Å². The van der Waals surface area contributed by atoms with E-state index in [2.05, 4.69) is 25.2 Å². The lowest BCUT2D eigenvalue weighted by Gasteiger charge is -2.30. The summed E-state index contributed by atoms with van der Waals surface area (Å²) in [6, 6.07) is 6.50. The maximum absolute atomic E-state index is 12.3. The Kier molecular flexibility index (Phi) is 6.46. The SMILES string of the molecule is COc1ccc(C)cc1CN(C)CC(=O)N[C@H]1CCCC[C@@H]1C. The van der Waals surface area contributed by atoms with Gasteiger partial charge in [-0.05, 0) is 38.8 Å². The van der Waals surface area contributed by atoms with Gasteiger partial charge in [-0.25, -0.2) is 0 Å². The van der Waals surface area contributed by atoms with E-state index >= 15 is 0 Å². The smallest absolute Gasteiger partial charge is 0.234 e. The topological polar surface area (TPSA) is 41.6 Å². The minimum Gasteiger partial charge on any atom is -0.496 e. The lowest BCUT2D eigenvalue weighted by atomic mass is 9.86. The molecule has 1 aromatic carbocycles. The van der Waals surface area contributed by atoms with Gasteiger partial charge < -0.3 is 10.1 Å². The Bertz CT molecular complexity index is 530. The van der Waals surface area contributed by atoms with Crippen LogP contribution in [0.15, 0.2) is 18.2 Å². The summed E-state index contributed by atoms with van der Waals surface area (Å²) < 4.78 is 5.41. The van der Waals surface area contributed by atoms with Crippen LogP contribution in [0.1, 0.15) is 43.7 Å². The number of hydrogen-bond donors (Lipinski definition) is 1. The van der Waals surface area contributed by atoms with Gasteiger partial charge in [0.15, 0.2) is 0 Å². The zero-order valence-electron chi connectivity index (χ0n) is 14.9. The Morgan fingerprint density at radius 1 is 1.35 bits per heavy atom. The molecule has 0 heterocycles. The van der Waals surface area contributed by atoms with Gasteiger partial charge in [-0.3, -0.25) is 9.69 Å². The second-order valence-corrected chi connectivity index (χ2v) is 6.92. The predicted molar refractivity (Wildman–Crippen MR) is 93.6 cm³/mol. The van der Waals surface area contributed by atoms with Crippen molar-refractivity contribution < 1.29 is 9.53 Å². The highest BCUT2D eigenvalue weighted by Crippen LogP contribution is 2.24. The third-order valence-corrected chi connectivity index (χ3v) is 4.75. The molecule has 0 bridgehead atoms. The van der Waals surface area contributed by atoms with Gasteiger partial charge in [-0.15, -0.1) is 0 Å². The molecule has 1 aliphatic rings. The first-order valence-electron chi connectivity index (χ1n) is 8.61. The molecular formula is C19H30N2O2. The van der Waals surface area contributed by atoms with Crippen LogP contribution in [0.4, 0.5) is 0 Å². The number of amides is 1. The molecule has 1 N–H and O–H groups in total. The van der Waals surface area contributed by atoms with Crippen molar-refractivity contribution in [1.82, 2.24) is 10.2 Å². The minimum atomic E-state index is 0.123. The van der Waals surface area contributed by atoms with Crippen molar-refractivity contribution in [1.29, 1.82) is 0 Å². The summed E-state index contributed by atoms with van der Waals surface area (Å²) in [6.45, 7) is 5.43. The summed E-state index contributed by atoms with van der Waals surface area (Å²) in [4.78, 5) is 14.3. The number of nitrogens with zero attached hydrogens (tertiary/aromatic N) is 1. The van der Waals surface area contributed by atoms with E-state index in [9.17, 15) is 4.79 Å². The van der Waals surface area contributed by atoms with Crippen LogP contribution in [0, 0.1) is 12.8 Å². The quantitative estimate of drug-likeness (QED) is 0.876. The lowest BCUT2D eigenvalue weighted by Crippen LogP contribution is -2.44. The Balaban J connectivity index is 1.87. The molecular weight excluding hydrogens is 288 g/mol. The fraction of sp³-hybridized carbons (Fsp3) is 0.632. The third kappa shape index (κ3) is 5.24. The van der Waals surface area contributed by atoms with Gasteiger partial charge in [0.2, 0.25) is 5.91 Å². The Morgan fingerprint density at radius 3 is 2.78 bits per heavy atom. The molecule has 2 rings (SSSR count). The zero-order chi connectivity index (χ0) is 16.8. The summed E-state index contributed by atoms with van der Waals surface area (Å²) in [5, 5.41) is 3.21. The molecule has 0 radical (unpaired) electrons. The molecule has 0 spiro atoms. The highest BCUT2D eigenvalue weighted by molar-refractivity contribution is 5.78. The maximum atomic E-state index is 12.3. The second kappa shape index (κ2) is 8.34. The molecule has 4 nitrogen and oxygen atoms in total. The molecule has 4 heteroatoms. The zero-order valence-corrected chi connectivity index (χ0v) is 14.9. The fourth-order valence-corrected chi connectivity index (χ4v) is 3.41. The third-order valence-electron chi connectivity index (χ3n) is 4.75. The lowest BCUT2D eigenvalue weighted by molar-refractivity contribution is -0.123. The van der Waals surface area contributed by atoms with Gasteiger partial charge in [-0.2, -0.15) is 0 Å². The monoisotopic (exact) mass is 318 g/mol. The summed E-state index contributed by atoms with van der Waals surface area (Å²) in [7, 11) is 3.66. The molecule has 0 aromatic heterocycles. The normalized spacial score (nSPS) is 21.3. The highest BCUT2D eigenvalue weighted by atomic mass is 16.5. The van der Waals surface area contributed by atoms with E-state index < -0.39 is 0 Å². The van der Waals surface area contributed by atoms with Crippen LogP contribution >= 0.6 is 0 Å². The van der Waals surface area contributed by atoms with Crippen LogP contribution in [0.5, 0.6) is 5.75 Å². The predicted octanol–water partition coefficient (Wildman–Crippen LogP) is 3.13. The molecule has 1 amide bonds. The molecule has 0 unspecified atom stereocenters. The summed E-state index contributed by atoms with van der Waals surface area (Å²) in [6.07, 6.45) is 4.86. The first-order valence-corrected chi connectivity index (χ1v) is 8.61. The molecule has 128 valence electrons. The van der Waals surface area contributed by atoms with Gasteiger partial charge in [0.1, 0.15) is 5.75 Å². The van der Waals surface area contributed by atoms with Crippen LogP contribution in [0.3, 0.4) is 0 Å². The Hall–Kier alpha value is -1.55. The number of benzene rings is 1. The minimum absolute atomic E-state index is 0.123. The van der Waals surface area contributed by atoms with E-state index in [0.717, 1.165) is 17.7 Å². The number of likely N-dealkylation sites (N-methyl/N-ethyl adjacent to an activating group) is 1. The van der Waals surface area contributed by atoms with Crippen molar-refractivity contribution in [2.45, 2.75) is 52.1 Å². The number of ether oxygens (including phenoxy) is 1. The summed E-state index contributed by atoms with van der Waals surface area (Å²) in [5.41, 5.74) is 2.32. The van der Waals surface area contributed by atoms with Crippen molar-refractivity contribution in [2.75, 3.05) is 20.7 Å². The van der Waals surface area contributed by atoms with Crippen molar-refractivity contribution in [2.24, 2.45) is 5.92 Å². The molecule has 0 aliphatic heterocycles. The van der Waals surface area contributed by atoms with E-state index in [1.54, 1.807) is 7.11 Å². The van der Waals surface area contributed by atoms with Crippen molar-refractivity contribution in [3.8, 4) is 5.75 Å². The molecule has 1 saturated carbocycles. The standard InChI is InChI=1S/C19H30N2O2/c1-14-9-10-18(23-4)16(11-14)12-21(3)13-19(22)20-17-8-6-5-7-15(17)2/h9-11,15,17H,5-8,12-13H2,1-4H3,(H,20,22)/t15-,17-/m0/s1. The largest absolute Gasteiger partial charge is 0.496 e. The molecule has 1 fully saturated rings. The number of carbonyl (C=O) groups excluding carboxylic acids is 1. The number of carbonyl (C=O) groups is 1. The van der Waals surface area contributed by atoms with E-state index in [4.69, 9.17) is 4.74 Å². The van der Waals surface area contributed by atoms with Crippen molar-refractivity contribution in [3.63, 3.8) is 0 Å². The first kappa shape index (κ1) is 17.8. The maximum Gasteiger partial charge on any atom is 0.234 e. The van der Waals surface area contributed by atoms with Crippen LogP contribution in [0.25, 0.3) is 0 Å². The molecule has 1 aromatic rings. The first-order chi connectivity index (χ1) is 11.0. The number of nitrogens with one attached hydrogen (secondary N) is 1. The fourth-order valence-electron chi connectivity index (χ4n) is 3.41. The number of hydrogen-bond acceptors (Lipinski definition) is 3. The Morgan fingerprint density at radius 2 is 2.09 bits per heavy atom. The van der Waals surface area contributed by atoms with Gasteiger partial charge in [0.25, 0.3) is 0 Å². The molecule has 0 saturated heterocycles. The van der Waals surface area contributed by atoms with E-state index in [0.29, 0.717) is 25.0 Å². The second-order valence-electron chi connectivity index (χ2n) is 6.92. The summed E-state index contributed by atoms with van der Waals surface area (Å²) in [5.74, 6) is 1.59. The number of aryl methyl sites for hydroxylation is 1.